The third-order valence-electron chi connectivity index (χ3n) is 15.1. The molecular weight excluding hydrogens is 1380 g/mol. The maximum Gasteiger partial charge on any atom is 0.269 e. The van der Waals surface area contributed by atoms with Crippen molar-refractivity contribution in [3.8, 4) is 0 Å². The summed E-state index contributed by atoms with van der Waals surface area (Å²) in [6.07, 6.45) is 19.1. The Labute approximate surface area is 598 Å². The van der Waals surface area contributed by atoms with Gasteiger partial charge in [-0.1, -0.05) is 65.4 Å². The van der Waals surface area contributed by atoms with Crippen LogP contribution in [0.5, 0.6) is 0 Å². The number of likely N-dealkylation sites (tertiary alicyclic amines) is 3. The Bertz CT molecular complexity index is 4070. The van der Waals surface area contributed by atoms with Crippen molar-refractivity contribution in [3.63, 3.8) is 0 Å². The van der Waals surface area contributed by atoms with Crippen LogP contribution in [0.15, 0.2) is 203 Å². The number of benzene rings is 3. The summed E-state index contributed by atoms with van der Waals surface area (Å²) >= 11 is 14.7. The number of rotatable bonds is 22. The summed E-state index contributed by atoms with van der Waals surface area (Å²) in [5, 5.41) is 26.1. The molecule has 3 saturated heterocycles. The molecular formula is C69H72ClN15O7S6. The second-order valence-corrected chi connectivity index (χ2v) is 29.5. The molecule has 0 aliphatic carbocycles. The molecule has 29 heteroatoms. The number of hydrogen-bond donors (Lipinski definition) is 5. The number of thiazole rings is 3. The van der Waals surface area contributed by atoms with E-state index in [2.05, 4.69) is 64.3 Å². The molecule has 9 aromatic rings. The molecule has 6 aromatic heterocycles. The van der Waals surface area contributed by atoms with E-state index in [0.717, 1.165) is 120 Å². The van der Waals surface area contributed by atoms with Gasteiger partial charge in [0.25, 0.3) is 23.4 Å². The quantitative estimate of drug-likeness (QED) is 0.0105. The summed E-state index contributed by atoms with van der Waals surface area (Å²) in [6.45, 7) is 10.6. The molecule has 0 unspecified atom stereocenters. The van der Waals surface area contributed by atoms with Crippen molar-refractivity contribution in [1.29, 1.82) is 0 Å². The zero-order valence-corrected chi connectivity index (χ0v) is 58.9. The smallest absolute Gasteiger partial charge is 0.269 e. The molecule has 6 N–H and O–H groups in total. The number of amides is 4. The zero-order chi connectivity index (χ0) is 69.0. The van der Waals surface area contributed by atoms with E-state index in [-0.39, 0.29) is 47.4 Å². The number of non-ortho nitro benzene ring substituents is 1. The van der Waals surface area contributed by atoms with Crippen LogP contribution in [0.3, 0.4) is 0 Å². The number of nitro benzene ring substituents is 1. The molecule has 4 amide bonds. The van der Waals surface area contributed by atoms with Crippen LogP contribution >= 0.6 is 80.9 Å². The van der Waals surface area contributed by atoms with Crippen LogP contribution in [-0.4, -0.2) is 136 Å². The number of carbonyl (C=O) groups excluding carboxylic acids is 5. The van der Waals surface area contributed by atoms with Crippen molar-refractivity contribution >= 4 is 142 Å². The normalized spacial score (nSPS) is 15.6. The molecule has 3 atom stereocenters. The number of nitrogen functional groups attached to an aromatic ring is 1. The molecule has 0 bridgehead atoms. The standard InChI is InChI=1S/C24H25N5O2S2.C21H21N5O3S2.C21H23N5OS2.C3H3ClO/c1-2-21(30)27-18-10-8-17(9-11-18)23(31)29-13-5-7-19(15-29)28-24-26-14-22(33-24)32-16-20-6-3-4-12-25-20;27-20(15-6-8-18(9-7-15)26(28)29)25-11-3-5-16(13-25)24-21-23-12-19(31-21)30-14-17-4-1-2-10-22-17;22-16-8-6-15(7-9-16)20(27)26-11-3-5-17(13-26)25-21-24-12-19(29-21)28-14-18-4-1-2-10-23-18;1-2-3(4)5/h2-4,6,8-12,14,19H,1,5,7,13,15-16H2,(H,26,28)(H,27,30);1-2,4,6-10,12,16H,3,5,11,13-14H2,(H,23,24);1-2,4,6-10,12,17H,3,5,11,13-14,22H2,(H,24,25);2H,1H2/t19-;16-;17-;/m111./s1. The number of pyridine rings is 3. The van der Waals surface area contributed by atoms with E-state index in [1.54, 1.807) is 135 Å². The number of aromatic nitrogens is 6. The summed E-state index contributed by atoms with van der Waals surface area (Å²) in [5.41, 5.74) is 11.9. The minimum atomic E-state index is -0.509. The first-order chi connectivity index (χ1) is 47.6. The zero-order valence-electron chi connectivity index (χ0n) is 53.2. The Morgan fingerprint density at radius 3 is 1.19 bits per heavy atom. The van der Waals surface area contributed by atoms with Crippen molar-refractivity contribution in [2.45, 2.75) is 86.5 Å². The fourth-order valence-electron chi connectivity index (χ4n) is 10.2. The molecule has 0 radical (unpaired) electrons. The lowest BCUT2D eigenvalue weighted by molar-refractivity contribution is -0.384. The summed E-state index contributed by atoms with van der Waals surface area (Å²) in [6, 6.07) is 38.1. The van der Waals surface area contributed by atoms with Crippen molar-refractivity contribution in [3.05, 3.63) is 234 Å². The van der Waals surface area contributed by atoms with Crippen molar-refractivity contribution in [1.82, 2.24) is 44.6 Å². The second-order valence-electron chi connectivity index (χ2n) is 22.2. The van der Waals surface area contributed by atoms with E-state index in [4.69, 9.17) is 17.3 Å². The Balaban J connectivity index is 0.000000166. The van der Waals surface area contributed by atoms with Gasteiger partial charge in [-0.3, -0.25) is 49.0 Å². The van der Waals surface area contributed by atoms with Crippen LogP contribution in [-0.2, 0) is 26.8 Å². The van der Waals surface area contributed by atoms with E-state index in [1.807, 2.05) is 89.2 Å². The molecule has 12 rings (SSSR count). The highest BCUT2D eigenvalue weighted by molar-refractivity contribution is 8.01. The van der Waals surface area contributed by atoms with Crippen molar-refractivity contribution in [2.75, 3.05) is 66.3 Å². The van der Waals surface area contributed by atoms with Crippen LogP contribution in [0.25, 0.3) is 0 Å². The number of nitrogens with two attached hydrogens (primary N) is 1. The summed E-state index contributed by atoms with van der Waals surface area (Å²) in [5.74, 6) is 2.10. The monoisotopic (exact) mass is 1450 g/mol. The first-order valence-electron chi connectivity index (χ1n) is 31.2. The molecule has 22 nitrogen and oxygen atoms in total. The summed E-state index contributed by atoms with van der Waals surface area (Å²) < 4.78 is 3.40. The number of nitro groups is 1. The van der Waals surface area contributed by atoms with Gasteiger partial charge in [0, 0.05) is 133 Å². The number of anilines is 5. The molecule has 98 heavy (non-hydrogen) atoms. The van der Waals surface area contributed by atoms with E-state index in [9.17, 15) is 34.1 Å². The SMILES string of the molecule is C=CC(=O)Cl.C=CC(=O)Nc1ccc(C(=O)N2CCC[C@@H](Nc3ncc(SCc4ccccn4)s3)C2)cc1.Nc1ccc(C(=O)N2CCC[C@@H](Nc3ncc(SCc4ccccn4)s3)C2)cc1.O=C(c1ccc([N+](=O)[O-])cc1)N1CCC[C@@H](Nc2ncc(SCc3ccccn3)s2)C1. The number of halogens is 1. The Hall–Kier alpha value is -9.03. The van der Waals surface area contributed by atoms with Gasteiger partial charge in [0.1, 0.15) is 0 Å². The van der Waals surface area contributed by atoms with Gasteiger partial charge < -0.3 is 41.7 Å². The molecule has 3 aromatic carbocycles. The van der Waals surface area contributed by atoms with Crippen LogP contribution in [0.2, 0.25) is 0 Å². The van der Waals surface area contributed by atoms with Crippen LogP contribution in [0.4, 0.5) is 32.5 Å². The largest absolute Gasteiger partial charge is 0.399 e. The minimum absolute atomic E-state index is 0.00570. The van der Waals surface area contributed by atoms with E-state index in [0.29, 0.717) is 54.2 Å². The van der Waals surface area contributed by atoms with Gasteiger partial charge in [0.05, 0.1) is 53.2 Å². The Morgan fingerprint density at radius 2 is 0.878 bits per heavy atom. The topological polar surface area (TPSA) is 290 Å². The molecule has 508 valence electrons. The number of carbonyl (C=O) groups is 5. The molecule has 3 aliphatic heterocycles. The average molecular weight is 1450 g/mol. The minimum Gasteiger partial charge on any atom is -0.399 e. The number of nitrogens with one attached hydrogen (secondary N) is 4. The second kappa shape index (κ2) is 38.2. The molecule has 3 aliphatic rings. The predicted molar refractivity (Wildman–Crippen MR) is 396 cm³/mol. The number of hydrogen-bond acceptors (Lipinski definition) is 23. The lowest BCUT2D eigenvalue weighted by Crippen LogP contribution is -2.45. The number of allylic oxidation sites excluding steroid dienone is 1. The van der Waals surface area contributed by atoms with Gasteiger partial charge in [0.2, 0.25) is 11.1 Å². The third-order valence-corrected chi connectivity index (χ3v) is 21.7. The van der Waals surface area contributed by atoms with Crippen molar-refractivity contribution < 1.29 is 28.9 Å². The van der Waals surface area contributed by atoms with Crippen LogP contribution < -0.4 is 27.0 Å². The Kier molecular flexibility index (Phi) is 28.5. The highest BCUT2D eigenvalue weighted by Crippen LogP contribution is 2.35. The van der Waals surface area contributed by atoms with E-state index < -0.39 is 10.2 Å². The van der Waals surface area contributed by atoms with Crippen LogP contribution in [0.1, 0.15) is 86.7 Å². The fraction of sp³-hybridized carbons (Fsp3) is 0.261. The van der Waals surface area contributed by atoms with Crippen molar-refractivity contribution in [2.24, 2.45) is 0 Å². The first-order valence-corrected chi connectivity index (χ1v) is 37.0. The van der Waals surface area contributed by atoms with Crippen LogP contribution in [0, 0.1) is 10.1 Å². The number of thioether (sulfide) groups is 3. The van der Waals surface area contributed by atoms with Gasteiger partial charge in [-0.25, -0.2) is 15.0 Å². The van der Waals surface area contributed by atoms with Gasteiger partial charge in [-0.15, -0.1) is 35.3 Å². The van der Waals surface area contributed by atoms with E-state index in [1.165, 1.54) is 30.3 Å². The lowest BCUT2D eigenvalue weighted by atomic mass is 10.0. The Morgan fingerprint density at radius 1 is 0.531 bits per heavy atom. The first kappa shape index (κ1) is 73.2. The highest BCUT2D eigenvalue weighted by atomic mass is 35.5. The molecule has 0 saturated carbocycles. The number of piperidine rings is 3. The van der Waals surface area contributed by atoms with Gasteiger partial charge in [-0.2, -0.15) is 0 Å². The molecule has 0 spiro atoms. The maximum atomic E-state index is 13.0. The van der Waals surface area contributed by atoms with Gasteiger partial charge in [-0.05, 0) is 159 Å². The number of nitrogens with zero attached hydrogens (tertiary/aromatic N) is 10. The summed E-state index contributed by atoms with van der Waals surface area (Å²) in [4.78, 5) is 102. The fourth-order valence-corrected chi connectivity index (χ4v) is 15.8. The molecule has 9 heterocycles. The maximum absolute atomic E-state index is 13.0. The lowest BCUT2D eigenvalue weighted by Gasteiger charge is -2.33. The van der Waals surface area contributed by atoms with Gasteiger partial charge >= 0.3 is 0 Å². The van der Waals surface area contributed by atoms with Gasteiger partial charge in [0.15, 0.2) is 15.4 Å². The highest BCUT2D eigenvalue weighted by Gasteiger charge is 2.29. The molecule has 3 fully saturated rings. The summed E-state index contributed by atoms with van der Waals surface area (Å²) in [7, 11) is 0. The third kappa shape index (κ3) is 23.6. The van der Waals surface area contributed by atoms with E-state index >= 15 is 0 Å². The predicted octanol–water partition coefficient (Wildman–Crippen LogP) is 14.2. The average Bonchev–Trinajstić information content (AvgIpc) is 1.82.